The van der Waals surface area contributed by atoms with Gasteiger partial charge in [-0.2, -0.15) is 0 Å². The van der Waals surface area contributed by atoms with E-state index in [1.54, 1.807) is 12.1 Å². The average Bonchev–Trinajstić information content (AvgIpc) is 2.99. The number of anilines is 2. The number of fused-ring (bicyclic) bond motifs is 1. The Labute approximate surface area is 146 Å². The molecule has 1 heterocycles. The molecule has 0 aliphatic rings. The lowest BCUT2D eigenvalue weighted by Gasteiger charge is -2.05. The summed E-state index contributed by atoms with van der Waals surface area (Å²) in [4.78, 5) is 28.0. The predicted molar refractivity (Wildman–Crippen MR) is 94.8 cm³/mol. The highest BCUT2D eigenvalue weighted by atomic mass is 32.1. The molecule has 2 aromatic carbocycles. The molecule has 0 fully saturated rings. The summed E-state index contributed by atoms with van der Waals surface area (Å²) in [7, 11) is 1.52. The minimum atomic E-state index is -0.416. The first-order chi connectivity index (χ1) is 12.0. The summed E-state index contributed by atoms with van der Waals surface area (Å²) in [6, 6.07) is 8.62. The summed E-state index contributed by atoms with van der Waals surface area (Å²) in [5.74, 6) is -0.500. The van der Waals surface area contributed by atoms with Gasteiger partial charge in [0.05, 0.1) is 17.5 Å². The van der Waals surface area contributed by atoms with Gasteiger partial charge in [0.25, 0.3) is 5.91 Å². The Morgan fingerprint density at radius 1 is 1.12 bits per heavy atom. The smallest absolute Gasteiger partial charge is 0.257 e. The molecule has 3 rings (SSSR count). The van der Waals surface area contributed by atoms with E-state index in [4.69, 9.17) is 4.74 Å². The van der Waals surface area contributed by atoms with Crippen LogP contribution in [0.25, 0.3) is 10.2 Å². The molecule has 128 valence electrons. The van der Waals surface area contributed by atoms with Crippen molar-refractivity contribution in [1.29, 1.82) is 0 Å². The zero-order valence-electron chi connectivity index (χ0n) is 13.4. The van der Waals surface area contributed by atoms with Crippen LogP contribution in [0.2, 0.25) is 0 Å². The van der Waals surface area contributed by atoms with E-state index >= 15 is 0 Å². The van der Waals surface area contributed by atoms with Crippen molar-refractivity contribution in [1.82, 2.24) is 4.98 Å². The van der Waals surface area contributed by atoms with E-state index in [2.05, 4.69) is 15.6 Å². The molecule has 0 spiro atoms. The van der Waals surface area contributed by atoms with Crippen LogP contribution in [0.5, 0.6) is 5.75 Å². The molecule has 0 unspecified atom stereocenters. The third-order valence-electron chi connectivity index (χ3n) is 3.36. The fourth-order valence-corrected chi connectivity index (χ4v) is 3.21. The van der Waals surface area contributed by atoms with Crippen molar-refractivity contribution in [2.24, 2.45) is 0 Å². The Kier molecular flexibility index (Phi) is 4.62. The molecule has 0 atom stereocenters. The lowest BCUT2D eigenvalue weighted by atomic mass is 10.2. The first-order valence-corrected chi connectivity index (χ1v) is 8.11. The number of amides is 2. The van der Waals surface area contributed by atoms with E-state index in [1.807, 2.05) is 0 Å². The molecule has 1 aromatic heterocycles. The SMILES string of the molecule is COc1ccc(NC(C)=O)c2sc(NC(=O)c3ccc(F)cc3)nc12. The van der Waals surface area contributed by atoms with Gasteiger partial charge in [-0.05, 0) is 36.4 Å². The fraction of sp³-hybridized carbons (Fsp3) is 0.118. The molecule has 3 aromatic rings. The number of carbonyl (C=O) groups excluding carboxylic acids is 2. The van der Waals surface area contributed by atoms with Crippen LogP contribution in [0.15, 0.2) is 36.4 Å². The van der Waals surface area contributed by atoms with Gasteiger partial charge in [-0.1, -0.05) is 11.3 Å². The molecule has 25 heavy (non-hydrogen) atoms. The molecule has 0 aliphatic heterocycles. The van der Waals surface area contributed by atoms with Crippen molar-refractivity contribution >= 4 is 44.2 Å². The van der Waals surface area contributed by atoms with E-state index in [1.165, 1.54) is 49.6 Å². The van der Waals surface area contributed by atoms with Gasteiger partial charge >= 0.3 is 0 Å². The topological polar surface area (TPSA) is 80.3 Å². The van der Waals surface area contributed by atoms with Crippen LogP contribution in [0.1, 0.15) is 17.3 Å². The van der Waals surface area contributed by atoms with Crippen LogP contribution < -0.4 is 15.4 Å². The van der Waals surface area contributed by atoms with Gasteiger partial charge in [-0.3, -0.25) is 14.9 Å². The minimum absolute atomic E-state index is 0.211. The molecule has 0 radical (unpaired) electrons. The maximum atomic E-state index is 13.0. The maximum absolute atomic E-state index is 13.0. The maximum Gasteiger partial charge on any atom is 0.257 e. The second-order valence-corrected chi connectivity index (χ2v) is 6.15. The monoisotopic (exact) mass is 359 g/mol. The van der Waals surface area contributed by atoms with Crippen LogP contribution in [0, 0.1) is 5.82 Å². The van der Waals surface area contributed by atoms with Gasteiger partial charge in [-0.15, -0.1) is 0 Å². The third-order valence-corrected chi connectivity index (χ3v) is 4.37. The Morgan fingerprint density at radius 2 is 1.84 bits per heavy atom. The predicted octanol–water partition coefficient (Wildman–Crippen LogP) is 3.65. The van der Waals surface area contributed by atoms with Crippen molar-refractivity contribution < 1.29 is 18.7 Å². The van der Waals surface area contributed by atoms with Crippen LogP contribution >= 0.6 is 11.3 Å². The number of nitrogens with zero attached hydrogens (tertiary/aromatic N) is 1. The summed E-state index contributed by atoms with van der Waals surface area (Å²) in [6.07, 6.45) is 0. The molecule has 0 saturated heterocycles. The summed E-state index contributed by atoms with van der Waals surface area (Å²) >= 11 is 1.21. The van der Waals surface area contributed by atoms with Crippen LogP contribution in [0.4, 0.5) is 15.2 Å². The summed E-state index contributed by atoms with van der Waals surface area (Å²) < 4.78 is 18.9. The van der Waals surface area contributed by atoms with Crippen LogP contribution in [0.3, 0.4) is 0 Å². The lowest BCUT2D eigenvalue weighted by molar-refractivity contribution is -0.114. The van der Waals surface area contributed by atoms with Gasteiger partial charge in [0.15, 0.2) is 5.13 Å². The number of rotatable bonds is 4. The summed E-state index contributed by atoms with van der Waals surface area (Å²) in [5, 5.41) is 5.75. The highest BCUT2D eigenvalue weighted by Gasteiger charge is 2.16. The van der Waals surface area contributed by atoms with Crippen molar-refractivity contribution in [2.45, 2.75) is 6.92 Å². The molecular formula is C17H14FN3O3S. The number of hydrogen-bond acceptors (Lipinski definition) is 5. The standard InChI is InChI=1S/C17H14FN3O3S/c1-9(22)19-12-7-8-13(24-2)14-15(12)25-17(20-14)21-16(23)10-3-5-11(18)6-4-10/h3-8H,1-2H3,(H,19,22)(H,20,21,23). The van der Waals surface area contributed by atoms with E-state index in [0.717, 1.165) is 0 Å². The zero-order valence-corrected chi connectivity index (χ0v) is 14.2. The Morgan fingerprint density at radius 3 is 2.48 bits per heavy atom. The second kappa shape index (κ2) is 6.86. The molecule has 0 saturated carbocycles. The number of ether oxygens (including phenoxy) is 1. The number of nitrogens with one attached hydrogen (secondary N) is 2. The molecule has 0 aliphatic carbocycles. The van der Waals surface area contributed by atoms with Crippen LogP contribution in [-0.2, 0) is 4.79 Å². The quantitative estimate of drug-likeness (QED) is 0.745. The minimum Gasteiger partial charge on any atom is -0.494 e. The Hall–Kier alpha value is -3.00. The molecule has 6 nitrogen and oxygen atoms in total. The highest BCUT2D eigenvalue weighted by molar-refractivity contribution is 7.23. The van der Waals surface area contributed by atoms with E-state index in [-0.39, 0.29) is 5.91 Å². The number of carbonyl (C=O) groups is 2. The highest BCUT2D eigenvalue weighted by Crippen LogP contribution is 2.37. The number of benzene rings is 2. The van der Waals surface area contributed by atoms with Crippen molar-refractivity contribution in [3.05, 3.63) is 47.8 Å². The van der Waals surface area contributed by atoms with Gasteiger partial charge in [0, 0.05) is 12.5 Å². The molecule has 2 N–H and O–H groups in total. The second-order valence-electron chi connectivity index (χ2n) is 5.15. The number of methoxy groups -OCH3 is 1. The average molecular weight is 359 g/mol. The number of aromatic nitrogens is 1. The summed E-state index contributed by atoms with van der Waals surface area (Å²) in [5.41, 5.74) is 1.44. The Bertz CT molecular complexity index is 954. The first kappa shape index (κ1) is 16.8. The molecular weight excluding hydrogens is 345 g/mol. The fourth-order valence-electron chi connectivity index (χ4n) is 2.26. The van der Waals surface area contributed by atoms with Gasteiger partial charge in [0.1, 0.15) is 17.1 Å². The van der Waals surface area contributed by atoms with Crippen molar-refractivity contribution in [2.75, 3.05) is 17.7 Å². The van der Waals surface area contributed by atoms with Crippen molar-refractivity contribution in [3.63, 3.8) is 0 Å². The summed E-state index contributed by atoms with van der Waals surface area (Å²) in [6.45, 7) is 1.41. The van der Waals surface area contributed by atoms with Crippen molar-refractivity contribution in [3.8, 4) is 5.75 Å². The number of halogens is 1. The molecule has 2 amide bonds. The largest absolute Gasteiger partial charge is 0.494 e. The number of hydrogen-bond donors (Lipinski definition) is 2. The number of thiazole rings is 1. The van der Waals surface area contributed by atoms with E-state index in [0.29, 0.717) is 32.3 Å². The van der Waals surface area contributed by atoms with Gasteiger partial charge in [-0.25, -0.2) is 9.37 Å². The van der Waals surface area contributed by atoms with E-state index in [9.17, 15) is 14.0 Å². The van der Waals surface area contributed by atoms with E-state index < -0.39 is 11.7 Å². The first-order valence-electron chi connectivity index (χ1n) is 7.30. The zero-order chi connectivity index (χ0) is 18.0. The molecule has 0 bridgehead atoms. The molecule has 8 heteroatoms. The lowest BCUT2D eigenvalue weighted by Crippen LogP contribution is -2.11. The third kappa shape index (κ3) is 3.58. The van der Waals surface area contributed by atoms with Gasteiger partial charge < -0.3 is 10.1 Å². The normalized spacial score (nSPS) is 10.5. The van der Waals surface area contributed by atoms with Crippen LogP contribution in [-0.4, -0.2) is 23.9 Å². The Balaban J connectivity index is 1.95. The van der Waals surface area contributed by atoms with Gasteiger partial charge in [0.2, 0.25) is 5.91 Å².